The Morgan fingerprint density at radius 3 is 2.71 bits per heavy atom. The van der Waals surface area contributed by atoms with Gasteiger partial charge in [0.25, 0.3) is 0 Å². The van der Waals surface area contributed by atoms with Crippen LogP contribution in [-0.2, 0) is 4.79 Å². The van der Waals surface area contributed by atoms with Crippen molar-refractivity contribution >= 4 is 17.9 Å². The minimum absolute atomic E-state index is 0.0108. The van der Waals surface area contributed by atoms with Crippen molar-refractivity contribution in [1.82, 2.24) is 0 Å². The molecule has 0 amide bonds. The topological polar surface area (TPSA) is 35.5 Å². The zero-order valence-electron chi connectivity index (χ0n) is 10.3. The number of hydrogen-bond donors (Lipinski definition) is 0. The van der Waals surface area contributed by atoms with E-state index in [1.165, 1.54) is 0 Å². The Morgan fingerprint density at radius 2 is 2.18 bits per heavy atom. The number of halogens is 1. The van der Waals surface area contributed by atoms with Gasteiger partial charge in [-0.3, -0.25) is 0 Å². The Labute approximate surface area is 107 Å². The second kappa shape index (κ2) is 6.50. The molecule has 0 spiro atoms. The highest BCUT2D eigenvalue weighted by atomic mass is 35.5. The summed E-state index contributed by atoms with van der Waals surface area (Å²) in [5.74, 6) is 1.29. The molecule has 0 saturated heterocycles. The third-order valence-electron chi connectivity index (χ3n) is 2.56. The number of aldehydes is 1. The molecule has 3 nitrogen and oxygen atoms in total. The Balaban J connectivity index is 3.26. The lowest BCUT2D eigenvalue weighted by atomic mass is 9.97. The number of hydrogen-bond acceptors (Lipinski definition) is 3. The van der Waals surface area contributed by atoms with Gasteiger partial charge in [0.05, 0.1) is 13.7 Å². The number of carbonyl (C=O) groups is 1. The van der Waals surface area contributed by atoms with E-state index in [0.29, 0.717) is 29.5 Å². The first-order valence-electron chi connectivity index (χ1n) is 5.58. The molecule has 1 rings (SSSR count). The summed E-state index contributed by atoms with van der Waals surface area (Å²) in [5.41, 5.74) is 0.833. The smallest absolute Gasteiger partial charge is 0.166 e. The van der Waals surface area contributed by atoms with Crippen molar-refractivity contribution in [3.8, 4) is 11.5 Å². The summed E-state index contributed by atoms with van der Waals surface area (Å²) in [5, 5.41) is 0.601. The number of rotatable bonds is 6. The maximum Gasteiger partial charge on any atom is 0.166 e. The fourth-order valence-corrected chi connectivity index (χ4v) is 2.07. The third kappa shape index (κ3) is 3.13. The van der Waals surface area contributed by atoms with Crippen molar-refractivity contribution in [2.24, 2.45) is 0 Å². The van der Waals surface area contributed by atoms with Crippen molar-refractivity contribution in [1.29, 1.82) is 0 Å². The van der Waals surface area contributed by atoms with Gasteiger partial charge in [-0.05, 0) is 25.0 Å². The van der Waals surface area contributed by atoms with Gasteiger partial charge in [0.1, 0.15) is 6.29 Å². The van der Waals surface area contributed by atoms with Crippen LogP contribution >= 0.6 is 11.6 Å². The molecule has 0 aromatic heterocycles. The molecule has 0 saturated carbocycles. The zero-order valence-corrected chi connectivity index (χ0v) is 11.1. The van der Waals surface area contributed by atoms with E-state index in [2.05, 4.69) is 0 Å². The molecule has 94 valence electrons. The Kier molecular flexibility index (Phi) is 5.29. The summed E-state index contributed by atoms with van der Waals surface area (Å²) in [6.07, 6.45) is 1.29. The molecule has 0 aliphatic rings. The Bertz CT molecular complexity index is 390. The van der Waals surface area contributed by atoms with Gasteiger partial charge in [-0.2, -0.15) is 0 Å². The van der Waals surface area contributed by atoms with Gasteiger partial charge in [0.2, 0.25) is 0 Å². The summed E-state index contributed by atoms with van der Waals surface area (Å²) in [6, 6.07) is 3.53. The van der Waals surface area contributed by atoms with Crippen LogP contribution in [0.5, 0.6) is 11.5 Å². The standard InChI is InChI=1S/C13H17ClO3/c1-4-17-13-11(16-3)6-5-10(14)12(13)9(2)7-8-15/h5-6,8-9H,4,7H2,1-3H3. The van der Waals surface area contributed by atoms with Crippen molar-refractivity contribution in [2.75, 3.05) is 13.7 Å². The first-order chi connectivity index (χ1) is 8.15. The van der Waals surface area contributed by atoms with Crippen LogP contribution in [0.2, 0.25) is 5.02 Å². The van der Waals surface area contributed by atoms with Crippen molar-refractivity contribution in [2.45, 2.75) is 26.2 Å². The molecule has 1 aromatic rings. The highest BCUT2D eigenvalue weighted by Gasteiger charge is 2.19. The second-order valence-corrected chi connectivity index (χ2v) is 4.14. The molecule has 4 heteroatoms. The Morgan fingerprint density at radius 1 is 1.47 bits per heavy atom. The normalized spacial score (nSPS) is 12.0. The van der Waals surface area contributed by atoms with Gasteiger partial charge < -0.3 is 14.3 Å². The van der Waals surface area contributed by atoms with E-state index < -0.39 is 0 Å². The van der Waals surface area contributed by atoms with Crippen LogP contribution in [0, 0.1) is 0 Å². The van der Waals surface area contributed by atoms with Crippen LogP contribution in [0.3, 0.4) is 0 Å². The molecule has 0 heterocycles. The monoisotopic (exact) mass is 256 g/mol. The molecule has 1 unspecified atom stereocenters. The van der Waals surface area contributed by atoms with Gasteiger partial charge >= 0.3 is 0 Å². The van der Waals surface area contributed by atoms with E-state index in [0.717, 1.165) is 11.8 Å². The summed E-state index contributed by atoms with van der Waals surface area (Å²) in [7, 11) is 1.58. The highest BCUT2D eigenvalue weighted by molar-refractivity contribution is 6.31. The van der Waals surface area contributed by atoms with Gasteiger partial charge in [0.15, 0.2) is 11.5 Å². The van der Waals surface area contributed by atoms with Gasteiger partial charge in [-0.25, -0.2) is 0 Å². The van der Waals surface area contributed by atoms with E-state index in [9.17, 15) is 4.79 Å². The number of methoxy groups -OCH3 is 1. The summed E-state index contributed by atoms with van der Waals surface area (Å²) in [4.78, 5) is 10.6. The highest BCUT2D eigenvalue weighted by Crippen LogP contribution is 2.41. The fourth-order valence-electron chi connectivity index (χ4n) is 1.73. The molecule has 0 fully saturated rings. The van der Waals surface area contributed by atoms with E-state index in [1.807, 2.05) is 13.8 Å². The lowest BCUT2D eigenvalue weighted by molar-refractivity contribution is -0.108. The predicted molar refractivity (Wildman–Crippen MR) is 68.3 cm³/mol. The second-order valence-electron chi connectivity index (χ2n) is 3.73. The van der Waals surface area contributed by atoms with Crippen molar-refractivity contribution < 1.29 is 14.3 Å². The van der Waals surface area contributed by atoms with Crippen molar-refractivity contribution in [3.05, 3.63) is 22.7 Å². The summed E-state index contributed by atoms with van der Waals surface area (Å²) in [6.45, 7) is 4.36. The van der Waals surface area contributed by atoms with Crippen LogP contribution < -0.4 is 9.47 Å². The minimum atomic E-state index is 0.0108. The van der Waals surface area contributed by atoms with Gasteiger partial charge in [0, 0.05) is 17.0 Å². The van der Waals surface area contributed by atoms with Crippen LogP contribution in [0.4, 0.5) is 0 Å². The molecule has 0 N–H and O–H groups in total. The Hall–Kier alpha value is -1.22. The van der Waals surface area contributed by atoms with E-state index in [1.54, 1.807) is 19.2 Å². The maximum absolute atomic E-state index is 10.6. The first-order valence-corrected chi connectivity index (χ1v) is 5.96. The van der Waals surface area contributed by atoms with Crippen LogP contribution in [-0.4, -0.2) is 20.0 Å². The minimum Gasteiger partial charge on any atom is -0.493 e. The van der Waals surface area contributed by atoms with Crippen LogP contribution in [0.15, 0.2) is 12.1 Å². The maximum atomic E-state index is 10.6. The summed E-state index contributed by atoms with van der Waals surface area (Å²) >= 11 is 6.17. The van der Waals surface area contributed by atoms with E-state index >= 15 is 0 Å². The molecular formula is C13H17ClO3. The molecule has 1 aromatic carbocycles. The molecule has 0 bridgehead atoms. The fraction of sp³-hybridized carbons (Fsp3) is 0.462. The average Bonchev–Trinajstić information content (AvgIpc) is 2.30. The lowest BCUT2D eigenvalue weighted by Gasteiger charge is -2.19. The predicted octanol–water partition coefficient (Wildman–Crippen LogP) is 3.44. The van der Waals surface area contributed by atoms with Crippen molar-refractivity contribution in [3.63, 3.8) is 0 Å². The molecular weight excluding hydrogens is 240 g/mol. The van der Waals surface area contributed by atoms with E-state index in [4.69, 9.17) is 21.1 Å². The number of carbonyl (C=O) groups excluding carboxylic acids is 1. The number of benzene rings is 1. The van der Waals surface area contributed by atoms with E-state index in [-0.39, 0.29) is 5.92 Å². The molecule has 17 heavy (non-hydrogen) atoms. The molecule has 1 atom stereocenters. The largest absolute Gasteiger partial charge is 0.493 e. The van der Waals surface area contributed by atoms with Crippen LogP contribution in [0.25, 0.3) is 0 Å². The zero-order chi connectivity index (χ0) is 12.8. The molecule has 0 aliphatic carbocycles. The average molecular weight is 257 g/mol. The molecule has 0 radical (unpaired) electrons. The summed E-state index contributed by atoms with van der Waals surface area (Å²) < 4.78 is 10.8. The molecule has 0 aliphatic heterocycles. The third-order valence-corrected chi connectivity index (χ3v) is 2.89. The number of ether oxygens (including phenoxy) is 2. The SMILES string of the molecule is CCOc1c(OC)ccc(Cl)c1C(C)CC=O. The van der Waals surface area contributed by atoms with Gasteiger partial charge in [-0.15, -0.1) is 0 Å². The lowest BCUT2D eigenvalue weighted by Crippen LogP contribution is -2.04. The van der Waals surface area contributed by atoms with Gasteiger partial charge in [-0.1, -0.05) is 18.5 Å². The quantitative estimate of drug-likeness (QED) is 0.732. The van der Waals surface area contributed by atoms with Crippen LogP contribution in [0.1, 0.15) is 31.7 Å². The first kappa shape index (κ1) is 13.8.